The Kier molecular flexibility index (Phi) is 6.27. The number of imidazole rings is 1. The molecule has 6 heteroatoms. The second-order valence-electron chi connectivity index (χ2n) is 7.00. The third-order valence-corrected chi connectivity index (χ3v) is 5.04. The molecule has 1 aliphatic rings. The average Bonchev–Trinajstić information content (AvgIpc) is 3.10. The normalized spacial score (nSPS) is 13.1. The molecule has 1 aliphatic heterocycles. The molecule has 0 aliphatic carbocycles. The summed E-state index contributed by atoms with van der Waals surface area (Å²) in [6.45, 7) is 3.51. The smallest absolute Gasteiger partial charge is 0.287 e. The molecule has 6 nitrogen and oxygen atoms in total. The van der Waals surface area contributed by atoms with Gasteiger partial charge in [0, 0.05) is 25.8 Å². The van der Waals surface area contributed by atoms with Gasteiger partial charge in [-0.25, -0.2) is 4.98 Å². The summed E-state index contributed by atoms with van der Waals surface area (Å²) in [7, 11) is 1.75. The first kappa shape index (κ1) is 19.1. The number of nitrogens with one attached hydrogen (secondary N) is 1. The van der Waals surface area contributed by atoms with Crippen molar-refractivity contribution in [3.8, 4) is 0 Å². The maximum atomic E-state index is 13.1. The van der Waals surface area contributed by atoms with E-state index < -0.39 is 0 Å². The van der Waals surface area contributed by atoms with Crippen molar-refractivity contribution in [2.24, 2.45) is 0 Å². The van der Waals surface area contributed by atoms with Gasteiger partial charge in [0.15, 0.2) is 11.5 Å². The number of anilines is 1. The lowest BCUT2D eigenvalue weighted by Crippen LogP contribution is -2.28. The van der Waals surface area contributed by atoms with E-state index in [9.17, 15) is 9.59 Å². The number of carbonyl (C=O) groups is 2. The number of amides is 2. The Morgan fingerprint density at radius 3 is 2.70 bits per heavy atom. The van der Waals surface area contributed by atoms with Gasteiger partial charge in [-0.05, 0) is 37.8 Å². The first-order valence-corrected chi connectivity index (χ1v) is 9.84. The summed E-state index contributed by atoms with van der Waals surface area (Å²) in [5, 5.41) is 2.95. The maximum Gasteiger partial charge on any atom is 0.287 e. The minimum Gasteiger partial charge on any atom is -0.349 e. The zero-order chi connectivity index (χ0) is 19.2. The highest BCUT2D eigenvalue weighted by Gasteiger charge is 2.29. The number of hydrogen-bond acceptors (Lipinski definition) is 3. The van der Waals surface area contributed by atoms with Crippen molar-refractivity contribution in [3.63, 3.8) is 0 Å². The van der Waals surface area contributed by atoms with Gasteiger partial charge in [-0.15, -0.1) is 0 Å². The molecule has 0 radical (unpaired) electrons. The largest absolute Gasteiger partial charge is 0.349 e. The molecule has 27 heavy (non-hydrogen) atoms. The van der Waals surface area contributed by atoms with Crippen LogP contribution >= 0.6 is 0 Å². The number of fused-ring (bicyclic) bond motifs is 1. The van der Waals surface area contributed by atoms with Crippen LogP contribution < -0.4 is 10.2 Å². The molecule has 0 atom stereocenters. The molecule has 0 bridgehead atoms. The van der Waals surface area contributed by atoms with Crippen LogP contribution in [0.3, 0.4) is 0 Å². The van der Waals surface area contributed by atoms with Gasteiger partial charge in [-0.1, -0.05) is 38.0 Å². The van der Waals surface area contributed by atoms with Crippen molar-refractivity contribution < 1.29 is 9.59 Å². The van der Waals surface area contributed by atoms with Crippen LogP contribution in [0.4, 0.5) is 5.69 Å². The zero-order valence-electron chi connectivity index (χ0n) is 16.2. The van der Waals surface area contributed by atoms with E-state index in [1.54, 1.807) is 11.9 Å². The molecular formula is C21H28N4O2. The fourth-order valence-corrected chi connectivity index (χ4v) is 3.47. The summed E-state index contributed by atoms with van der Waals surface area (Å²) in [5.74, 6) is 0.0126. The summed E-state index contributed by atoms with van der Waals surface area (Å²) in [6, 6.07) is 9.50. The van der Waals surface area contributed by atoms with Crippen molar-refractivity contribution >= 4 is 17.5 Å². The van der Waals surface area contributed by atoms with E-state index in [-0.39, 0.29) is 11.8 Å². The second-order valence-corrected chi connectivity index (χ2v) is 7.00. The second kappa shape index (κ2) is 8.84. The van der Waals surface area contributed by atoms with E-state index in [4.69, 9.17) is 0 Å². The van der Waals surface area contributed by atoms with Crippen LogP contribution in [0.1, 0.15) is 65.8 Å². The van der Waals surface area contributed by atoms with E-state index in [0.29, 0.717) is 18.1 Å². The molecule has 1 aromatic carbocycles. The van der Waals surface area contributed by atoms with Crippen molar-refractivity contribution in [1.82, 2.24) is 14.9 Å². The third-order valence-electron chi connectivity index (χ3n) is 5.04. The molecule has 1 N–H and O–H groups in total. The standard InChI is InChI=1S/C21H28N4O2/c1-3-4-9-14-22-20(26)19-23-18(17-13-8-10-15-25(17)19)21(27)24(2)16-11-6-5-7-12-16/h5-7,11-12H,3-4,8-10,13-15H2,1-2H3,(H,22,26). The van der Waals surface area contributed by atoms with Gasteiger partial charge in [-0.2, -0.15) is 0 Å². The highest BCUT2D eigenvalue weighted by Crippen LogP contribution is 2.24. The summed E-state index contributed by atoms with van der Waals surface area (Å²) < 4.78 is 1.94. The molecule has 0 fully saturated rings. The van der Waals surface area contributed by atoms with E-state index in [2.05, 4.69) is 17.2 Å². The fraction of sp³-hybridized carbons (Fsp3) is 0.476. The highest BCUT2D eigenvalue weighted by molar-refractivity contribution is 6.06. The summed E-state index contributed by atoms with van der Waals surface area (Å²) >= 11 is 0. The number of benzene rings is 1. The molecule has 3 rings (SSSR count). The molecule has 0 spiro atoms. The van der Waals surface area contributed by atoms with Gasteiger partial charge >= 0.3 is 0 Å². The van der Waals surface area contributed by atoms with Crippen LogP contribution in [-0.2, 0) is 13.0 Å². The minimum absolute atomic E-state index is 0.170. The summed E-state index contributed by atoms with van der Waals surface area (Å²) in [4.78, 5) is 31.8. The molecule has 0 unspecified atom stereocenters. The molecule has 1 aromatic heterocycles. The monoisotopic (exact) mass is 368 g/mol. The number of carbonyl (C=O) groups excluding carboxylic acids is 2. The van der Waals surface area contributed by atoms with E-state index in [1.165, 1.54) is 0 Å². The van der Waals surface area contributed by atoms with Crippen LogP contribution in [0.5, 0.6) is 0 Å². The lowest BCUT2D eigenvalue weighted by Gasteiger charge is -2.19. The van der Waals surface area contributed by atoms with Gasteiger partial charge < -0.3 is 14.8 Å². The molecule has 0 saturated carbocycles. The number of rotatable bonds is 7. The van der Waals surface area contributed by atoms with Crippen LogP contribution in [-0.4, -0.2) is 35.0 Å². The van der Waals surface area contributed by atoms with E-state index in [0.717, 1.165) is 56.5 Å². The van der Waals surface area contributed by atoms with E-state index in [1.807, 2.05) is 34.9 Å². The summed E-state index contributed by atoms with van der Waals surface area (Å²) in [5.41, 5.74) is 2.10. The molecule has 2 aromatic rings. The van der Waals surface area contributed by atoms with Crippen LogP contribution in [0, 0.1) is 0 Å². The van der Waals surface area contributed by atoms with Gasteiger partial charge in [0.05, 0.1) is 5.69 Å². The third kappa shape index (κ3) is 4.21. The molecule has 2 amide bonds. The average molecular weight is 368 g/mol. The van der Waals surface area contributed by atoms with Gasteiger partial charge in [-0.3, -0.25) is 9.59 Å². The number of hydrogen-bond donors (Lipinski definition) is 1. The Labute approximate surface area is 160 Å². The molecule has 144 valence electrons. The predicted octanol–water partition coefficient (Wildman–Crippen LogP) is 3.42. The molecule has 2 heterocycles. The lowest BCUT2D eigenvalue weighted by atomic mass is 10.1. The van der Waals surface area contributed by atoms with Crippen molar-refractivity contribution in [2.75, 3.05) is 18.5 Å². The number of unbranched alkanes of at least 4 members (excludes halogenated alkanes) is 2. The lowest BCUT2D eigenvalue weighted by molar-refractivity contribution is 0.0937. The van der Waals surface area contributed by atoms with Crippen LogP contribution in [0.15, 0.2) is 30.3 Å². The van der Waals surface area contributed by atoms with Crippen molar-refractivity contribution in [2.45, 2.75) is 52.0 Å². The number of aromatic nitrogens is 2. The fourth-order valence-electron chi connectivity index (χ4n) is 3.47. The Bertz CT molecular complexity index is 798. The van der Waals surface area contributed by atoms with Gasteiger partial charge in [0.25, 0.3) is 11.8 Å². The summed E-state index contributed by atoms with van der Waals surface area (Å²) in [6.07, 6.45) is 5.95. The quantitative estimate of drug-likeness (QED) is 0.762. The first-order valence-electron chi connectivity index (χ1n) is 9.84. The minimum atomic E-state index is -0.185. The van der Waals surface area contributed by atoms with Crippen molar-refractivity contribution in [1.29, 1.82) is 0 Å². The Morgan fingerprint density at radius 2 is 1.96 bits per heavy atom. The molecular weight excluding hydrogens is 340 g/mol. The number of nitrogens with zero attached hydrogens (tertiary/aromatic N) is 3. The maximum absolute atomic E-state index is 13.1. The predicted molar refractivity (Wildman–Crippen MR) is 106 cm³/mol. The van der Waals surface area contributed by atoms with Crippen LogP contribution in [0.2, 0.25) is 0 Å². The highest BCUT2D eigenvalue weighted by atomic mass is 16.2. The Balaban J connectivity index is 1.84. The van der Waals surface area contributed by atoms with Gasteiger partial charge in [0.1, 0.15) is 0 Å². The van der Waals surface area contributed by atoms with Crippen molar-refractivity contribution in [3.05, 3.63) is 47.5 Å². The molecule has 0 saturated heterocycles. The Morgan fingerprint density at radius 1 is 1.19 bits per heavy atom. The Hall–Kier alpha value is -2.63. The SMILES string of the molecule is CCCCCNC(=O)c1nc(C(=O)N(C)c2ccccc2)c2n1CCCC2. The first-order chi connectivity index (χ1) is 13.1. The number of para-hydroxylation sites is 1. The van der Waals surface area contributed by atoms with Crippen LogP contribution in [0.25, 0.3) is 0 Å². The topological polar surface area (TPSA) is 67.2 Å². The zero-order valence-corrected chi connectivity index (χ0v) is 16.2. The van der Waals surface area contributed by atoms with E-state index >= 15 is 0 Å². The van der Waals surface area contributed by atoms with Gasteiger partial charge in [0.2, 0.25) is 0 Å².